The van der Waals surface area contributed by atoms with Crippen LogP contribution in [0.15, 0.2) is 41.6 Å². The molecule has 0 N–H and O–H groups in total. The zero-order chi connectivity index (χ0) is 17.9. The van der Waals surface area contributed by atoms with E-state index in [-0.39, 0.29) is 10.6 Å². The lowest BCUT2D eigenvalue weighted by atomic mass is 10.3. The molecule has 0 amide bonds. The first-order valence-corrected chi connectivity index (χ1v) is 9.48. The topological polar surface area (TPSA) is 67.7 Å². The smallest absolute Gasteiger partial charge is 0.246 e. The van der Waals surface area contributed by atoms with E-state index in [0.29, 0.717) is 26.2 Å². The molecule has 136 valence electrons. The summed E-state index contributed by atoms with van der Waals surface area (Å²) in [5.41, 5.74) is 0. The van der Waals surface area contributed by atoms with Crippen molar-refractivity contribution in [1.29, 1.82) is 0 Å². The molecule has 0 bridgehead atoms. The molecule has 0 saturated carbocycles. The Morgan fingerprint density at radius 1 is 1.20 bits per heavy atom. The molecule has 0 radical (unpaired) electrons. The van der Waals surface area contributed by atoms with Gasteiger partial charge in [-0.3, -0.25) is 9.58 Å². The molecule has 9 heteroatoms. The number of rotatable bonds is 6. The maximum atomic E-state index is 13.5. The van der Waals surface area contributed by atoms with Crippen LogP contribution in [0.5, 0.6) is 5.75 Å². The maximum Gasteiger partial charge on any atom is 0.246 e. The van der Waals surface area contributed by atoms with Gasteiger partial charge in [-0.05, 0) is 24.3 Å². The number of ether oxygens (including phenoxy) is 1. The number of sulfonamides is 1. The van der Waals surface area contributed by atoms with Gasteiger partial charge in [0.25, 0.3) is 0 Å². The Hall–Kier alpha value is -1.97. The number of hydrogen-bond acceptors (Lipinski definition) is 5. The van der Waals surface area contributed by atoms with Crippen molar-refractivity contribution in [2.24, 2.45) is 0 Å². The van der Waals surface area contributed by atoms with Gasteiger partial charge in [-0.1, -0.05) is 0 Å². The second kappa shape index (κ2) is 7.51. The predicted molar refractivity (Wildman–Crippen MR) is 90.4 cm³/mol. The highest BCUT2D eigenvalue weighted by molar-refractivity contribution is 7.89. The molecule has 7 nitrogen and oxygen atoms in total. The van der Waals surface area contributed by atoms with Crippen molar-refractivity contribution >= 4 is 10.0 Å². The van der Waals surface area contributed by atoms with Gasteiger partial charge in [0, 0.05) is 45.1 Å². The van der Waals surface area contributed by atoms with Crippen LogP contribution in [0.2, 0.25) is 0 Å². The minimum Gasteiger partial charge on any atom is -0.495 e. The molecule has 25 heavy (non-hydrogen) atoms. The minimum absolute atomic E-state index is 0.125. The van der Waals surface area contributed by atoms with E-state index in [4.69, 9.17) is 4.74 Å². The van der Waals surface area contributed by atoms with E-state index in [2.05, 4.69) is 10.00 Å². The number of hydrogen-bond donors (Lipinski definition) is 0. The lowest BCUT2D eigenvalue weighted by molar-refractivity contribution is 0.181. The highest BCUT2D eigenvalue weighted by Crippen LogP contribution is 2.28. The summed E-state index contributed by atoms with van der Waals surface area (Å²) in [6.07, 6.45) is 3.63. The summed E-state index contributed by atoms with van der Waals surface area (Å²) < 4.78 is 47.5. The number of methoxy groups -OCH3 is 1. The fourth-order valence-electron chi connectivity index (χ4n) is 2.86. The van der Waals surface area contributed by atoms with Crippen LogP contribution in [0, 0.1) is 5.82 Å². The zero-order valence-electron chi connectivity index (χ0n) is 14.0. The first kappa shape index (κ1) is 17.8. The summed E-state index contributed by atoms with van der Waals surface area (Å²) in [5.74, 6) is -0.445. The van der Waals surface area contributed by atoms with Gasteiger partial charge in [-0.2, -0.15) is 9.40 Å². The highest BCUT2D eigenvalue weighted by atomic mass is 32.2. The molecule has 0 aliphatic carbocycles. The third-order valence-electron chi connectivity index (χ3n) is 4.28. The molecule has 2 heterocycles. The standard InChI is InChI=1S/C16H21FN4O3S/c1-24-15-4-3-14(17)13-16(15)25(22,23)21-11-8-19(9-12-21)7-10-20-6-2-5-18-20/h2-6,13H,7-12H2,1H3. The fourth-order valence-corrected chi connectivity index (χ4v) is 4.45. The third-order valence-corrected chi connectivity index (χ3v) is 6.20. The van der Waals surface area contributed by atoms with Crippen molar-refractivity contribution in [3.63, 3.8) is 0 Å². The number of piperazine rings is 1. The van der Waals surface area contributed by atoms with Crippen LogP contribution in [0.1, 0.15) is 0 Å². The summed E-state index contributed by atoms with van der Waals surface area (Å²) >= 11 is 0. The number of aromatic nitrogens is 2. The first-order chi connectivity index (χ1) is 12.0. The largest absolute Gasteiger partial charge is 0.495 e. The number of nitrogens with zero attached hydrogens (tertiary/aromatic N) is 4. The quantitative estimate of drug-likeness (QED) is 0.762. The summed E-state index contributed by atoms with van der Waals surface area (Å²) in [6.45, 7) is 3.54. The highest BCUT2D eigenvalue weighted by Gasteiger charge is 2.31. The summed E-state index contributed by atoms with van der Waals surface area (Å²) in [5, 5.41) is 4.16. The number of halogens is 1. The van der Waals surface area contributed by atoms with E-state index >= 15 is 0 Å². The van der Waals surface area contributed by atoms with Gasteiger partial charge in [-0.15, -0.1) is 0 Å². The lowest BCUT2D eigenvalue weighted by Crippen LogP contribution is -2.49. The summed E-state index contributed by atoms with van der Waals surface area (Å²) in [4.78, 5) is 2.07. The molecule has 1 saturated heterocycles. The van der Waals surface area contributed by atoms with Crippen LogP contribution in [-0.2, 0) is 16.6 Å². The van der Waals surface area contributed by atoms with Crippen molar-refractivity contribution in [3.8, 4) is 5.75 Å². The van der Waals surface area contributed by atoms with Crippen molar-refractivity contribution in [3.05, 3.63) is 42.5 Å². The molecule has 2 aromatic rings. The van der Waals surface area contributed by atoms with Crippen molar-refractivity contribution < 1.29 is 17.5 Å². The van der Waals surface area contributed by atoms with E-state index in [1.54, 1.807) is 6.20 Å². The lowest BCUT2D eigenvalue weighted by Gasteiger charge is -2.34. The van der Waals surface area contributed by atoms with Gasteiger partial charge in [0.1, 0.15) is 16.5 Å². The summed E-state index contributed by atoms with van der Waals surface area (Å²) in [6, 6.07) is 5.41. The van der Waals surface area contributed by atoms with Crippen LogP contribution in [0.4, 0.5) is 4.39 Å². The molecule has 0 spiro atoms. The maximum absolute atomic E-state index is 13.5. The van der Waals surface area contributed by atoms with Gasteiger partial charge < -0.3 is 4.74 Å². The molecule has 1 aromatic heterocycles. The second-order valence-electron chi connectivity index (χ2n) is 5.81. The van der Waals surface area contributed by atoms with Crippen molar-refractivity contribution in [2.45, 2.75) is 11.4 Å². The Balaban J connectivity index is 1.64. The molecule has 0 unspecified atom stereocenters. The number of benzene rings is 1. The van der Waals surface area contributed by atoms with Crippen LogP contribution in [0.25, 0.3) is 0 Å². The van der Waals surface area contributed by atoms with E-state index in [1.165, 1.54) is 23.5 Å². The van der Waals surface area contributed by atoms with Crippen LogP contribution < -0.4 is 4.74 Å². The Kier molecular flexibility index (Phi) is 5.36. The van der Waals surface area contributed by atoms with Crippen LogP contribution in [-0.4, -0.2) is 67.2 Å². The molecule has 0 atom stereocenters. The molecular formula is C16H21FN4O3S. The Labute approximate surface area is 146 Å². The van der Waals surface area contributed by atoms with Gasteiger partial charge in [-0.25, -0.2) is 12.8 Å². The monoisotopic (exact) mass is 368 g/mol. The molecular weight excluding hydrogens is 347 g/mol. The average Bonchev–Trinajstić information content (AvgIpc) is 3.14. The Bertz CT molecular complexity index is 803. The van der Waals surface area contributed by atoms with E-state index < -0.39 is 15.8 Å². The molecule has 1 aliphatic rings. The van der Waals surface area contributed by atoms with Crippen molar-refractivity contribution in [2.75, 3.05) is 39.8 Å². The third kappa shape index (κ3) is 4.00. The van der Waals surface area contributed by atoms with Gasteiger partial charge in [0.05, 0.1) is 13.7 Å². The Morgan fingerprint density at radius 3 is 2.60 bits per heavy atom. The van der Waals surface area contributed by atoms with E-state index in [9.17, 15) is 12.8 Å². The predicted octanol–water partition coefficient (Wildman–Crippen LogP) is 1.04. The van der Waals surface area contributed by atoms with Gasteiger partial charge in [0.15, 0.2) is 0 Å². The average molecular weight is 368 g/mol. The molecule has 1 aromatic carbocycles. The van der Waals surface area contributed by atoms with E-state index in [0.717, 1.165) is 19.2 Å². The fraction of sp³-hybridized carbons (Fsp3) is 0.438. The zero-order valence-corrected chi connectivity index (χ0v) is 14.8. The summed E-state index contributed by atoms with van der Waals surface area (Å²) in [7, 11) is -2.41. The van der Waals surface area contributed by atoms with Crippen LogP contribution >= 0.6 is 0 Å². The van der Waals surface area contributed by atoms with Crippen LogP contribution in [0.3, 0.4) is 0 Å². The normalized spacial score (nSPS) is 16.9. The van der Waals surface area contributed by atoms with Gasteiger partial charge in [0.2, 0.25) is 10.0 Å². The first-order valence-electron chi connectivity index (χ1n) is 8.04. The molecule has 3 rings (SSSR count). The minimum atomic E-state index is -3.78. The van der Waals surface area contributed by atoms with Gasteiger partial charge >= 0.3 is 0 Å². The molecule has 1 fully saturated rings. The molecule has 1 aliphatic heterocycles. The van der Waals surface area contributed by atoms with E-state index in [1.807, 2.05) is 16.9 Å². The van der Waals surface area contributed by atoms with Crippen molar-refractivity contribution in [1.82, 2.24) is 19.0 Å². The second-order valence-corrected chi connectivity index (χ2v) is 7.72. The SMILES string of the molecule is COc1ccc(F)cc1S(=O)(=O)N1CCN(CCn2cccn2)CC1. The Morgan fingerprint density at radius 2 is 1.96 bits per heavy atom.